The highest BCUT2D eigenvalue weighted by molar-refractivity contribution is 5.70. The zero-order chi connectivity index (χ0) is 25.7. The van der Waals surface area contributed by atoms with Crippen molar-refractivity contribution in [2.45, 2.75) is 33.1 Å². The highest BCUT2D eigenvalue weighted by atomic mass is 19.1. The number of nitriles is 1. The van der Waals surface area contributed by atoms with E-state index in [0.29, 0.717) is 57.2 Å². The molecule has 180 valence electrons. The Morgan fingerprint density at radius 1 is 1.14 bits per heavy atom. The molecule has 0 radical (unpaired) electrons. The first kappa shape index (κ1) is 24.6. The Hall–Kier alpha value is -4.50. The summed E-state index contributed by atoms with van der Waals surface area (Å²) >= 11 is 0. The number of ether oxygens (including phenoxy) is 1. The van der Waals surface area contributed by atoms with E-state index >= 15 is 4.39 Å². The predicted molar refractivity (Wildman–Crippen MR) is 139 cm³/mol. The van der Waals surface area contributed by atoms with Gasteiger partial charge in [-0.1, -0.05) is 50.3 Å². The molecule has 4 aromatic rings. The maximum atomic E-state index is 15.3. The van der Waals surface area contributed by atoms with Crippen molar-refractivity contribution in [1.82, 2.24) is 9.55 Å². The van der Waals surface area contributed by atoms with Crippen LogP contribution in [0.4, 0.5) is 4.39 Å². The molecule has 5 nitrogen and oxygen atoms in total. The van der Waals surface area contributed by atoms with Crippen molar-refractivity contribution in [3.8, 4) is 28.6 Å². The minimum absolute atomic E-state index is 0.116. The van der Waals surface area contributed by atoms with E-state index in [1.807, 2.05) is 13.0 Å². The van der Waals surface area contributed by atoms with Crippen molar-refractivity contribution in [3.05, 3.63) is 124 Å². The third-order valence-corrected chi connectivity index (χ3v) is 6.01. The molecule has 1 aromatic heterocycles. The van der Waals surface area contributed by atoms with E-state index in [1.165, 1.54) is 12.3 Å². The minimum atomic E-state index is -0.430. The third-order valence-electron chi connectivity index (χ3n) is 6.01. The molecule has 0 spiro atoms. The second kappa shape index (κ2) is 10.8. The Labute approximate surface area is 209 Å². The number of hydrogen-bond acceptors (Lipinski definition) is 4. The van der Waals surface area contributed by atoms with Gasteiger partial charge in [-0.2, -0.15) is 5.26 Å². The van der Waals surface area contributed by atoms with Crippen LogP contribution in [0.1, 0.15) is 41.6 Å². The van der Waals surface area contributed by atoms with Crippen LogP contribution >= 0.6 is 0 Å². The van der Waals surface area contributed by atoms with E-state index in [0.717, 1.165) is 6.42 Å². The molecule has 0 aliphatic rings. The number of aryl methyl sites for hydroxylation is 2. The Bertz CT molecular complexity index is 1520. The fourth-order valence-electron chi connectivity index (χ4n) is 4.29. The molecule has 0 bridgehead atoms. The van der Waals surface area contributed by atoms with Gasteiger partial charge in [0.2, 0.25) is 0 Å². The van der Waals surface area contributed by atoms with Gasteiger partial charge in [0.1, 0.15) is 17.4 Å². The van der Waals surface area contributed by atoms with Crippen LogP contribution in [0.3, 0.4) is 0 Å². The summed E-state index contributed by atoms with van der Waals surface area (Å²) in [7, 11) is 0. The molecule has 0 amide bonds. The Morgan fingerprint density at radius 2 is 1.89 bits per heavy atom. The molecule has 0 saturated heterocycles. The summed E-state index contributed by atoms with van der Waals surface area (Å²) in [6.45, 7) is 7.36. The summed E-state index contributed by atoms with van der Waals surface area (Å²) in [6.07, 6.45) is 2.88. The summed E-state index contributed by atoms with van der Waals surface area (Å²) in [5, 5.41) is 9.40. The van der Waals surface area contributed by atoms with Crippen LogP contribution in [0.5, 0.6) is 5.75 Å². The molecule has 0 fully saturated rings. The van der Waals surface area contributed by atoms with E-state index in [-0.39, 0.29) is 12.0 Å². The molecule has 1 heterocycles. The van der Waals surface area contributed by atoms with Crippen molar-refractivity contribution >= 4 is 0 Å². The van der Waals surface area contributed by atoms with Crippen molar-refractivity contribution < 1.29 is 9.13 Å². The fraction of sp³-hybridized carbons (Fsp3) is 0.167. The largest absolute Gasteiger partial charge is 0.466 e. The summed E-state index contributed by atoms with van der Waals surface area (Å²) < 4.78 is 22.1. The molecule has 0 aliphatic carbocycles. The molecule has 0 saturated carbocycles. The van der Waals surface area contributed by atoms with Gasteiger partial charge < -0.3 is 4.74 Å². The number of nitrogens with zero attached hydrogens (tertiary/aromatic N) is 3. The van der Waals surface area contributed by atoms with E-state index in [9.17, 15) is 10.1 Å². The predicted octanol–water partition coefficient (Wildman–Crippen LogP) is 6.28. The van der Waals surface area contributed by atoms with Gasteiger partial charge in [-0.25, -0.2) is 9.37 Å². The maximum absolute atomic E-state index is 15.3. The lowest BCUT2D eigenvalue weighted by molar-refractivity contribution is 0.483. The van der Waals surface area contributed by atoms with Crippen molar-refractivity contribution in [2.75, 3.05) is 0 Å². The van der Waals surface area contributed by atoms with E-state index < -0.39 is 5.82 Å². The average Bonchev–Trinajstić information content (AvgIpc) is 2.88. The van der Waals surface area contributed by atoms with E-state index in [1.54, 1.807) is 66.1 Å². The van der Waals surface area contributed by atoms with E-state index in [2.05, 4.69) is 12.6 Å². The van der Waals surface area contributed by atoms with Crippen molar-refractivity contribution in [1.29, 1.82) is 5.26 Å². The van der Waals surface area contributed by atoms with Crippen LogP contribution in [0.2, 0.25) is 0 Å². The second-order valence-electron chi connectivity index (χ2n) is 8.39. The average molecular weight is 480 g/mol. The summed E-state index contributed by atoms with van der Waals surface area (Å²) in [5.74, 6) is 0.740. The van der Waals surface area contributed by atoms with Crippen LogP contribution in [0.25, 0.3) is 16.8 Å². The molecule has 0 atom stereocenters. The number of benzene rings is 3. The van der Waals surface area contributed by atoms with E-state index in [4.69, 9.17) is 9.72 Å². The standard InChI is InChI=1S/C30H26FN3O2/c1-4-8-29-27(30(35)34(20(3)33-29)24-13-15-25(16-14-24)36-5-2)17-22-12-11-21(18-28(22)31)26-10-7-6-9-23(26)19-32/h5-7,9-16,18H,2,4,8,17H2,1,3H3. The Kier molecular flexibility index (Phi) is 7.41. The zero-order valence-corrected chi connectivity index (χ0v) is 20.3. The van der Waals surface area contributed by atoms with Crippen molar-refractivity contribution in [3.63, 3.8) is 0 Å². The lowest BCUT2D eigenvalue weighted by Gasteiger charge is -2.16. The molecular formula is C30H26FN3O2. The summed E-state index contributed by atoms with van der Waals surface area (Å²) in [6, 6.07) is 21.2. The zero-order valence-electron chi connectivity index (χ0n) is 20.3. The Morgan fingerprint density at radius 3 is 2.56 bits per heavy atom. The number of aromatic nitrogens is 2. The number of rotatable bonds is 8. The highest BCUT2D eigenvalue weighted by Gasteiger charge is 2.18. The lowest BCUT2D eigenvalue weighted by atomic mass is 9.96. The maximum Gasteiger partial charge on any atom is 0.261 e. The lowest BCUT2D eigenvalue weighted by Crippen LogP contribution is -2.28. The highest BCUT2D eigenvalue weighted by Crippen LogP contribution is 2.26. The first-order chi connectivity index (χ1) is 17.5. The normalized spacial score (nSPS) is 10.6. The summed E-state index contributed by atoms with van der Waals surface area (Å²) in [5.41, 5.74) is 3.73. The van der Waals surface area contributed by atoms with Crippen LogP contribution in [-0.2, 0) is 12.8 Å². The van der Waals surface area contributed by atoms with Gasteiger partial charge >= 0.3 is 0 Å². The van der Waals surface area contributed by atoms with Gasteiger partial charge in [0, 0.05) is 12.0 Å². The molecular weight excluding hydrogens is 453 g/mol. The second-order valence-corrected chi connectivity index (χ2v) is 8.39. The third kappa shape index (κ3) is 4.96. The quantitative estimate of drug-likeness (QED) is 0.279. The smallest absolute Gasteiger partial charge is 0.261 e. The summed E-state index contributed by atoms with van der Waals surface area (Å²) in [4.78, 5) is 18.4. The molecule has 0 unspecified atom stereocenters. The SMILES string of the molecule is C=COc1ccc(-n2c(C)nc(CCC)c(Cc3ccc(-c4ccccc4C#N)cc3F)c2=O)cc1. The van der Waals surface area contributed by atoms with Gasteiger partial charge in [-0.3, -0.25) is 9.36 Å². The molecule has 36 heavy (non-hydrogen) atoms. The number of hydrogen-bond donors (Lipinski definition) is 0. The Balaban J connectivity index is 1.76. The first-order valence-electron chi connectivity index (χ1n) is 11.7. The fourth-order valence-corrected chi connectivity index (χ4v) is 4.29. The van der Waals surface area contributed by atoms with Crippen LogP contribution in [0.15, 0.2) is 84.4 Å². The molecule has 0 N–H and O–H groups in total. The minimum Gasteiger partial charge on any atom is -0.466 e. The first-order valence-corrected chi connectivity index (χ1v) is 11.7. The number of halogens is 1. The molecule has 6 heteroatoms. The van der Waals surface area contributed by atoms with Gasteiger partial charge in [0.15, 0.2) is 0 Å². The van der Waals surface area contributed by atoms with Gasteiger partial charge in [-0.15, -0.1) is 0 Å². The topological polar surface area (TPSA) is 67.9 Å². The van der Waals surface area contributed by atoms with Crippen molar-refractivity contribution in [2.24, 2.45) is 0 Å². The van der Waals surface area contributed by atoms with Crippen LogP contribution in [0, 0.1) is 24.1 Å². The van der Waals surface area contributed by atoms with Crippen LogP contribution < -0.4 is 10.3 Å². The van der Waals surface area contributed by atoms with Crippen LogP contribution in [-0.4, -0.2) is 9.55 Å². The van der Waals surface area contributed by atoms with Gasteiger partial charge in [0.25, 0.3) is 5.56 Å². The molecule has 0 aliphatic heterocycles. The monoisotopic (exact) mass is 479 g/mol. The molecule has 4 rings (SSSR count). The van der Waals surface area contributed by atoms with Gasteiger partial charge in [0.05, 0.1) is 29.3 Å². The van der Waals surface area contributed by atoms with Gasteiger partial charge in [-0.05, 0) is 66.4 Å². The molecule has 3 aromatic carbocycles.